The van der Waals surface area contributed by atoms with E-state index in [1.165, 1.54) is 0 Å². The van der Waals surface area contributed by atoms with Crippen molar-refractivity contribution < 1.29 is 14.1 Å². The fraction of sp³-hybridized carbons (Fsp3) is 0.400. The van der Waals surface area contributed by atoms with Crippen LogP contribution in [-0.2, 0) is 9.59 Å². The van der Waals surface area contributed by atoms with Gasteiger partial charge in [0.1, 0.15) is 5.71 Å². The Labute approximate surface area is 141 Å². The van der Waals surface area contributed by atoms with Gasteiger partial charge in [0.25, 0.3) is 11.8 Å². The number of thiophene rings is 1. The molecule has 4 rings (SSSR count). The summed E-state index contributed by atoms with van der Waals surface area (Å²) in [5, 5.41) is 9.89. The summed E-state index contributed by atoms with van der Waals surface area (Å²) in [5.74, 6) is 0.931. The number of nitrogens with one attached hydrogen (secondary N) is 1. The maximum Gasteiger partial charge on any atom is 0.270 e. The van der Waals surface area contributed by atoms with Crippen LogP contribution >= 0.6 is 11.3 Å². The Hall–Kier alpha value is -2.55. The number of amides is 2. The van der Waals surface area contributed by atoms with Gasteiger partial charge in [-0.3, -0.25) is 9.59 Å². The van der Waals surface area contributed by atoms with Gasteiger partial charge in [-0.15, -0.1) is 11.3 Å². The highest BCUT2D eigenvalue weighted by Crippen LogP contribution is 2.29. The molecule has 0 spiro atoms. The quantitative estimate of drug-likeness (QED) is 0.906. The van der Waals surface area contributed by atoms with Crippen LogP contribution in [0.25, 0.3) is 10.8 Å². The molecule has 0 aliphatic carbocycles. The molecule has 24 heavy (non-hydrogen) atoms. The number of hydrogen-bond acceptors (Lipinski definition) is 7. The number of aromatic nitrogens is 2. The van der Waals surface area contributed by atoms with E-state index in [0.29, 0.717) is 43.4 Å². The minimum atomic E-state index is -0.154. The van der Waals surface area contributed by atoms with E-state index in [1.807, 2.05) is 17.5 Å². The Morgan fingerprint density at radius 3 is 3.08 bits per heavy atom. The molecule has 0 saturated carbocycles. The van der Waals surface area contributed by atoms with E-state index in [9.17, 15) is 9.59 Å². The lowest BCUT2D eigenvalue weighted by molar-refractivity contribution is -0.123. The van der Waals surface area contributed by atoms with Crippen molar-refractivity contribution in [1.82, 2.24) is 20.5 Å². The van der Waals surface area contributed by atoms with E-state index in [4.69, 9.17) is 4.52 Å². The highest BCUT2D eigenvalue weighted by molar-refractivity contribution is 7.13. The maximum atomic E-state index is 12.5. The van der Waals surface area contributed by atoms with Crippen LogP contribution in [0, 0.1) is 0 Å². The van der Waals surface area contributed by atoms with Crippen molar-refractivity contribution >= 4 is 28.9 Å². The molecule has 2 aliphatic heterocycles. The predicted molar refractivity (Wildman–Crippen MR) is 86.4 cm³/mol. The summed E-state index contributed by atoms with van der Waals surface area (Å²) in [4.78, 5) is 30.7. The third kappa shape index (κ3) is 2.82. The lowest BCUT2D eigenvalue weighted by Crippen LogP contribution is -2.39. The largest absolute Gasteiger partial charge is 0.337 e. The number of hydrazone groups is 1. The molecule has 1 fully saturated rings. The number of hydrogen-bond donors (Lipinski definition) is 1. The molecule has 4 heterocycles. The third-order valence-corrected chi connectivity index (χ3v) is 5.02. The highest BCUT2D eigenvalue weighted by Gasteiger charge is 2.33. The summed E-state index contributed by atoms with van der Waals surface area (Å²) in [7, 11) is 0. The first kappa shape index (κ1) is 15.0. The van der Waals surface area contributed by atoms with Crippen LogP contribution in [0.5, 0.6) is 0 Å². The monoisotopic (exact) mass is 345 g/mol. The maximum absolute atomic E-state index is 12.5. The second-order valence-corrected chi connectivity index (χ2v) is 6.71. The Morgan fingerprint density at radius 1 is 1.42 bits per heavy atom. The zero-order chi connectivity index (χ0) is 16.5. The Kier molecular flexibility index (Phi) is 3.85. The molecule has 1 N–H and O–H groups in total. The third-order valence-electron chi connectivity index (χ3n) is 4.17. The average Bonchev–Trinajstić information content (AvgIpc) is 3.33. The Balaban J connectivity index is 1.43. The molecule has 124 valence electrons. The van der Waals surface area contributed by atoms with Crippen molar-refractivity contribution in [2.75, 3.05) is 13.1 Å². The van der Waals surface area contributed by atoms with Gasteiger partial charge in [-0.25, -0.2) is 5.43 Å². The van der Waals surface area contributed by atoms with Gasteiger partial charge in [0, 0.05) is 31.8 Å². The fourth-order valence-electron chi connectivity index (χ4n) is 2.87. The molecule has 8 nitrogen and oxygen atoms in total. The van der Waals surface area contributed by atoms with Gasteiger partial charge in [0.2, 0.25) is 5.91 Å². The van der Waals surface area contributed by atoms with Crippen LogP contribution in [-0.4, -0.2) is 45.7 Å². The number of carbonyl (C=O) groups is 2. The molecule has 0 unspecified atom stereocenters. The van der Waals surface area contributed by atoms with E-state index in [2.05, 4.69) is 20.7 Å². The molecule has 1 saturated heterocycles. The van der Waals surface area contributed by atoms with Gasteiger partial charge in [-0.1, -0.05) is 11.2 Å². The molecule has 2 aromatic rings. The predicted octanol–water partition coefficient (Wildman–Crippen LogP) is 1.38. The fourth-order valence-corrected chi connectivity index (χ4v) is 3.51. The number of rotatable bonds is 3. The van der Waals surface area contributed by atoms with Crippen LogP contribution in [0.1, 0.15) is 31.0 Å². The lowest BCUT2D eigenvalue weighted by atomic mass is 10.1. The standard InChI is InChI=1S/C15H15N5O3S/c21-12-4-3-10(17-18-12)15(22)20-6-5-9(8-20)13-16-14(23-19-13)11-2-1-7-24-11/h1-2,7,9H,3-6,8H2,(H,18,21)/t9-/m0/s1. The summed E-state index contributed by atoms with van der Waals surface area (Å²) in [6, 6.07) is 3.87. The molecule has 0 bridgehead atoms. The molecule has 2 aromatic heterocycles. The number of likely N-dealkylation sites (tertiary alicyclic amines) is 1. The van der Waals surface area contributed by atoms with Crippen molar-refractivity contribution in [1.29, 1.82) is 0 Å². The summed E-state index contributed by atoms with van der Waals surface area (Å²) >= 11 is 1.55. The van der Waals surface area contributed by atoms with Crippen molar-refractivity contribution in [3.05, 3.63) is 23.3 Å². The van der Waals surface area contributed by atoms with Gasteiger partial charge in [-0.05, 0) is 17.9 Å². The van der Waals surface area contributed by atoms with Crippen molar-refractivity contribution in [2.24, 2.45) is 5.10 Å². The minimum absolute atomic E-state index is 0.0604. The molecule has 0 radical (unpaired) electrons. The van der Waals surface area contributed by atoms with E-state index in [-0.39, 0.29) is 17.7 Å². The topological polar surface area (TPSA) is 101 Å². The Bertz CT molecular complexity index is 798. The van der Waals surface area contributed by atoms with Crippen molar-refractivity contribution in [3.63, 3.8) is 0 Å². The van der Waals surface area contributed by atoms with Crippen molar-refractivity contribution in [3.8, 4) is 10.8 Å². The van der Waals surface area contributed by atoms with Crippen LogP contribution in [0.3, 0.4) is 0 Å². The molecule has 0 aromatic carbocycles. The first-order valence-corrected chi connectivity index (χ1v) is 8.61. The lowest BCUT2D eigenvalue weighted by Gasteiger charge is -2.18. The normalized spacial score (nSPS) is 20.8. The van der Waals surface area contributed by atoms with E-state index in [0.717, 1.165) is 11.3 Å². The van der Waals surface area contributed by atoms with Crippen LogP contribution in [0.15, 0.2) is 27.1 Å². The molecule has 2 aliphatic rings. The number of nitrogens with zero attached hydrogens (tertiary/aromatic N) is 4. The molecule has 2 amide bonds. The van der Waals surface area contributed by atoms with Gasteiger partial charge in [-0.2, -0.15) is 10.1 Å². The first-order chi connectivity index (χ1) is 11.7. The van der Waals surface area contributed by atoms with Gasteiger partial charge in [0.05, 0.1) is 4.88 Å². The van der Waals surface area contributed by atoms with Crippen LogP contribution in [0.4, 0.5) is 0 Å². The molecular weight excluding hydrogens is 330 g/mol. The summed E-state index contributed by atoms with van der Waals surface area (Å²) < 4.78 is 5.32. The molecule has 1 atom stereocenters. The SMILES string of the molecule is O=C1CCC(C(=O)N2CC[C@H](c3noc(-c4cccs4)n3)C2)=NN1. The second-order valence-electron chi connectivity index (χ2n) is 5.77. The zero-order valence-electron chi connectivity index (χ0n) is 12.8. The summed E-state index contributed by atoms with van der Waals surface area (Å²) in [6.07, 6.45) is 1.47. The van der Waals surface area contributed by atoms with Crippen LogP contribution < -0.4 is 5.43 Å². The summed E-state index contributed by atoms with van der Waals surface area (Å²) in [6.45, 7) is 1.16. The van der Waals surface area contributed by atoms with Crippen molar-refractivity contribution in [2.45, 2.75) is 25.2 Å². The van der Waals surface area contributed by atoms with E-state index >= 15 is 0 Å². The minimum Gasteiger partial charge on any atom is -0.337 e. The number of carbonyl (C=O) groups excluding carboxylic acids is 2. The first-order valence-electron chi connectivity index (χ1n) is 7.73. The average molecular weight is 345 g/mol. The van der Waals surface area contributed by atoms with Gasteiger partial charge >= 0.3 is 0 Å². The second kappa shape index (κ2) is 6.16. The molecule has 9 heteroatoms. The van der Waals surface area contributed by atoms with E-state index < -0.39 is 0 Å². The van der Waals surface area contributed by atoms with E-state index in [1.54, 1.807) is 16.2 Å². The molecular formula is C15H15N5O3S. The smallest absolute Gasteiger partial charge is 0.270 e. The van der Waals surface area contributed by atoms with Gasteiger partial charge < -0.3 is 9.42 Å². The zero-order valence-corrected chi connectivity index (χ0v) is 13.6. The Morgan fingerprint density at radius 2 is 2.33 bits per heavy atom. The summed E-state index contributed by atoms with van der Waals surface area (Å²) in [5.41, 5.74) is 2.77. The van der Waals surface area contributed by atoms with Gasteiger partial charge in [0.15, 0.2) is 5.82 Å². The van der Waals surface area contributed by atoms with Crippen LogP contribution in [0.2, 0.25) is 0 Å². The highest BCUT2D eigenvalue weighted by atomic mass is 32.1.